The summed E-state index contributed by atoms with van der Waals surface area (Å²) in [5.41, 5.74) is 0. The number of carbonyl (C=O) groups excluding carboxylic acids is 2. The van der Waals surface area contributed by atoms with E-state index in [-0.39, 0.29) is 19.4 Å². The Morgan fingerprint density at radius 3 is 1.22 bits per heavy atom. The maximum atomic E-state index is 12.6. The zero-order chi connectivity index (χ0) is 37.7. The number of esters is 2. The van der Waals surface area contributed by atoms with Crippen LogP contribution in [-0.4, -0.2) is 65.7 Å². The van der Waals surface area contributed by atoms with Crippen molar-refractivity contribution in [1.82, 2.24) is 0 Å². The first kappa shape index (κ1) is 50.0. The zero-order valence-electron chi connectivity index (χ0n) is 32.8. The fourth-order valence-corrected chi connectivity index (χ4v) is 6.78. The highest BCUT2D eigenvalue weighted by Gasteiger charge is 2.27. The highest BCUT2D eigenvalue weighted by Crippen LogP contribution is 2.43. The number of phosphoric ester groups is 1. The summed E-state index contributed by atoms with van der Waals surface area (Å²) in [6, 6.07) is 0. The molecule has 304 valence electrons. The minimum absolute atomic E-state index is 0.192. The number of phosphoric acid groups is 1. The van der Waals surface area contributed by atoms with Crippen LogP contribution in [0.2, 0.25) is 0 Å². The van der Waals surface area contributed by atoms with Gasteiger partial charge in [0.05, 0.1) is 19.8 Å². The molecule has 3 N–H and O–H groups in total. The van der Waals surface area contributed by atoms with Crippen molar-refractivity contribution >= 4 is 19.8 Å². The van der Waals surface area contributed by atoms with Crippen molar-refractivity contribution in [3.05, 3.63) is 0 Å². The number of hydrogen-bond acceptors (Lipinski definition) is 9. The summed E-state index contributed by atoms with van der Waals surface area (Å²) in [5, 5.41) is 18.3. The molecule has 3 atom stereocenters. The van der Waals surface area contributed by atoms with Crippen molar-refractivity contribution in [2.45, 2.75) is 219 Å². The Kier molecular flexibility index (Phi) is 36.5. The number of carbonyl (C=O) groups is 2. The van der Waals surface area contributed by atoms with Crippen LogP contribution < -0.4 is 0 Å². The lowest BCUT2D eigenvalue weighted by molar-refractivity contribution is -0.161. The zero-order valence-corrected chi connectivity index (χ0v) is 33.7. The van der Waals surface area contributed by atoms with Gasteiger partial charge in [0.2, 0.25) is 0 Å². The summed E-state index contributed by atoms with van der Waals surface area (Å²) in [5.74, 6) is -0.919. The predicted octanol–water partition coefficient (Wildman–Crippen LogP) is 10.7. The smallest absolute Gasteiger partial charge is 0.462 e. The molecule has 0 aromatic carbocycles. The molecule has 1 unspecified atom stereocenters. The van der Waals surface area contributed by atoms with Gasteiger partial charge in [-0.25, -0.2) is 4.57 Å². The van der Waals surface area contributed by atoms with E-state index in [2.05, 4.69) is 18.4 Å². The molecule has 51 heavy (non-hydrogen) atoms. The molecule has 0 radical (unpaired) electrons. The highest BCUT2D eigenvalue weighted by atomic mass is 31.2. The van der Waals surface area contributed by atoms with Crippen molar-refractivity contribution < 1.29 is 47.8 Å². The van der Waals surface area contributed by atoms with Crippen molar-refractivity contribution in [3.8, 4) is 0 Å². The normalized spacial score (nSPS) is 13.9. The molecule has 0 bridgehead atoms. The lowest BCUT2D eigenvalue weighted by atomic mass is 10.0. The Balaban J connectivity index is 4.10. The molecular formula is C40H79O10P. The van der Waals surface area contributed by atoms with Crippen molar-refractivity contribution in [3.63, 3.8) is 0 Å². The van der Waals surface area contributed by atoms with Gasteiger partial charge in [0.25, 0.3) is 0 Å². The van der Waals surface area contributed by atoms with Crippen molar-refractivity contribution in [2.24, 2.45) is 0 Å². The van der Waals surface area contributed by atoms with Gasteiger partial charge in [-0.1, -0.05) is 181 Å². The van der Waals surface area contributed by atoms with Crippen LogP contribution in [0.3, 0.4) is 0 Å². The van der Waals surface area contributed by atoms with Gasteiger partial charge in [0.15, 0.2) is 6.10 Å². The molecule has 0 aliphatic rings. The second-order valence-corrected chi connectivity index (χ2v) is 15.8. The molecule has 10 nitrogen and oxygen atoms in total. The molecule has 0 saturated heterocycles. The van der Waals surface area contributed by atoms with E-state index in [0.29, 0.717) is 12.8 Å². The molecule has 0 aromatic heterocycles. The fourth-order valence-electron chi connectivity index (χ4n) is 5.99. The van der Waals surface area contributed by atoms with Crippen LogP contribution in [0.1, 0.15) is 206 Å². The molecule has 0 aliphatic carbocycles. The lowest BCUT2D eigenvalue weighted by Crippen LogP contribution is -2.29. The predicted molar refractivity (Wildman–Crippen MR) is 206 cm³/mol. The molecule has 0 saturated carbocycles. The van der Waals surface area contributed by atoms with Crippen LogP contribution in [0.15, 0.2) is 0 Å². The quantitative estimate of drug-likeness (QED) is 0.0314. The average Bonchev–Trinajstić information content (AvgIpc) is 3.12. The van der Waals surface area contributed by atoms with E-state index in [1.807, 2.05) is 0 Å². The first-order chi connectivity index (χ1) is 24.7. The Bertz CT molecular complexity index is 827. The van der Waals surface area contributed by atoms with Gasteiger partial charge in [-0.15, -0.1) is 0 Å². The van der Waals surface area contributed by atoms with E-state index < -0.39 is 51.8 Å². The van der Waals surface area contributed by atoms with E-state index in [1.54, 1.807) is 0 Å². The van der Waals surface area contributed by atoms with Crippen molar-refractivity contribution in [1.29, 1.82) is 0 Å². The number of ether oxygens (including phenoxy) is 2. The van der Waals surface area contributed by atoms with Gasteiger partial charge < -0.3 is 24.6 Å². The van der Waals surface area contributed by atoms with Gasteiger partial charge in [-0.3, -0.25) is 18.6 Å². The van der Waals surface area contributed by atoms with Crippen LogP contribution in [0.25, 0.3) is 0 Å². The molecule has 0 fully saturated rings. The summed E-state index contributed by atoms with van der Waals surface area (Å²) >= 11 is 0. The van der Waals surface area contributed by atoms with E-state index in [1.165, 1.54) is 128 Å². The summed E-state index contributed by atoms with van der Waals surface area (Å²) in [6.07, 6.45) is 32.5. The molecule has 0 aliphatic heterocycles. The maximum Gasteiger partial charge on any atom is 0.472 e. The average molecular weight is 751 g/mol. The largest absolute Gasteiger partial charge is 0.472 e. The van der Waals surface area contributed by atoms with Crippen LogP contribution in [0, 0.1) is 0 Å². The second kappa shape index (κ2) is 37.3. The Morgan fingerprint density at radius 1 is 0.510 bits per heavy atom. The fraction of sp³-hybridized carbons (Fsp3) is 0.950. The standard InChI is InChI=1S/C40H79O10P/c1-3-5-7-9-11-12-13-14-15-16-17-18-19-20-21-22-23-24-26-28-30-32-40(44)50-38(36-49-51(45,46)48-34-37(42)33-41)35-47-39(43)31-29-27-25-10-8-6-4-2/h37-38,41-42H,3-36H2,1-2H3,(H,45,46)/t37-,38+/m0/s1. The number of aliphatic hydroxyl groups is 2. The number of hydrogen-bond donors (Lipinski definition) is 3. The highest BCUT2D eigenvalue weighted by molar-refractivity contribution is 7.47. The monoisotopic (exact) mass is 751 g/mol. The number of unbranched alkanes of at least 4 members (excludes halogenated alkanes) is 26. The minimum atomic E-state index is -4.60. The van der Waals surface area contributed by atoms with E-state index in [9.17, 15) is 24.2 Å². The van der Waals surface area contributed by atoms with E-state index in [0.717, 1.165) is 38.5 Å². The topological polar surface area (TPSA) is 149 Å². The maximum absolute atomic E-state index is 12.6. The SMILES string of the molecule is CCCCCCCCCCCCCCCCCCCCCCCC(=O)O[C@H](COC(=O)CCCCCCCCC)COP(=O)(O)OC[C@@H](O)CO. The molecule has 11 heteroatoms. The molecular weight excluding hydrogens is 671 g/mol. The summed E-state index contributed by atoms with van der Waals surface area (Å²) in [7, 11) is -4.60. The molecule has 0 amide bonds. The van der Waals surface area contributed by atoms with Gasteiger partial charge >= 0.3 is 19.8 Å². The van der Waals surface area contributed by atoms with E-state index >= 15 is 0 Å². The summed E-state index contributed by atoms with van der Waals surface area (Å²) < 4.78 is 32.5. The number of rotatable bonds is 40. The second-order valence-electron chi connectivity index (χ2n) is 14.4. The Labute approximate surface area is 312 Å². The van der Waals surface area contributed by atoms with Crippen LogP contribution in [-0.2, 0) is 32.7 Å². The molecule has 0 aromatic rings. The third kappa shape index (κ3) is 37.1. The summed E-state index contributed by atoms with van der Waals surface area (Å²) in [6.45, 7) is 2.35. The Hall–Kier alpha value is -1.03. The number of aliphatic hydroxyl groups excluding tert-OH is 2. The van der Waals surface area contributed by atoms with Crippen LogP contribution in [0.5, 0.6) is 0 Å². The van der Waals surface area contributed by atoms with Gasteiger partial charge in [0.1, 0.15) is 12.7 Å². The molecule has 0 spiro atoms. The summed E-state index contributed by atoms with van der Waals surface area (Å²) in [4.78, 5) is 34.7. The molecule has 0 heterocycles. The lowest BCUT2D eigenvalue weighted by Gasteiger charge is -2.20. The van der Waals surface area contributed by atoms with Crippen molar-refractivity contribution in [2.75, 3.05) is 26.4 Å². The van der Waals surface area contributed by atoms with Crippen LogP contribution >= 0.6 is 7.82 Å². The first-order valence-corrected chi connectivity index (χ1v) is 22.5. The minimum Gasteiger partial charge on any atom is -0.462 e. The molecule has 0 rings (SSSR count). The van der Waals surface area contributed by atoms with Gasteiger partial charge in [-0.05, 0) is 12.8 Å². The van der Waals surface area contributed by atoms with Crippen LogP contribution in [0.4, 0.5) is 0 Å². The van der Waals surface area contributed by atoms with Gasteiger partial charge in [-0.2, -0.15) is 0 Å². The third-order valence-electron chi connectivity index (χ3n) is 9.26. The third-order valence-corrected chi connectivity index (χ3v) is 10.2. The Morgan fingerprint density at radius 2 is 0.843 bits per heavy atom. The first-order valence-electron chi connectivity index (χ1n) is 21.0. The van der Waals surface area contributed by atoms with Gasteiger partial charge in [0, 0.05) is 12.8 Å². The van der Waals surface area contributed by atoms with E-state index in [4.69, 9.17) is 19.1 Å².